The van der Waals surface area contributed by atoms with Crippen LogP contribution in [0.4, 0.5) is 5.69 Å². The van der Waals surface area contributed by atoms with Gasteiger partial charge in [-0.05, 0) is 37.1 Å². The summed E-state index contributed by atoms with van der Waals surface area (Å²) in [6.45, 7) is 8.66. The molecule has 0 bridgehead atoms. The third-order valence-electron chi connectivity index (χ3n) is 2.86. The SMILES string of the molecule is Cc1cccc(N(C)CC(O)CNCC(C)C)c1. The van der Waals surface area contributed by atoms with Crippen LogP contribution in [0.25, 0.3) is 0 Å². The van der Waals surface area contributed by atoms with Gasteiger partial charge in [0, 0.05) is 25.8 Å². The molecule has 1 aromatic carbocycles. The van der Waals surface area contributed by atoms with Crippen LogP contribution in [-0.2, 0) is 0 Å². The lowest BCUT2D eigenvalue weighted by atomic mass is 10.2. The van der Waals surface area contributed by atoms with Gasteiger partial charge in [0.15, 0.2) is 0 Å². The minimum absolute atomic E-state index is 0.339. The number of hydrogen-bond acceptors (Lipinski definition) is 3. The Morgan fingerprint density at radius 3 is 2.61 bits per heavy atom. The summed E-state index contributed by atoms with van der Waals surface area (Å²) >= 11 is 0. The Labute approximate surface area is 111 Å². The highest BCUT2D eigenvalue weighted by Gasteiger charge is 2.08. The quantitative estimate of drug-likeness (QED) is 0.777. The first kappa shape index (κ1) is 15.0. The molecule has 3 heteroatoms. The number of aliphatic hydroxyl groups excluding tert-OH is 1. The van der Waals surface area contributed by atoms with Crippen molar-refractivity contribution >= 4 is 5.69 Å². The molecule has 0 aromatic heterocycles. The molecule has 0 aliphatic heterocycles. The Balaban J connectivity index is 2.37. The van der Waals surface area contributed by atoms with Crippen molar-refractivity contribution in [2.75, 3.05) is 31.6 Å². The van der Waals surface area contributed by atoms with Gasteiger partial charge >= 0.3 is 0 Å². The molecule has 0 radical (unpaired) electrons. The van der Waals surface area contributed by atoms with E-state index < -0.39 is 0 Å². The zero-order valence-corrected chi connectivity index (χ0v) is 12.0. The number of benzene rings is 1. The summed E-state index contributed by atoms with van der Waals surface area (Å²) in [5, 5.41) is 13.2. The van der Waals surface area contributed by atoms with Crippen molar-refractivity contribution < 1.29 is 5.11 Å². The maximum Gasteiger partial charge on any atom is 0.0839 e. The van der Waals surface area contributed by atoms with Gasteiger partial charge in [-0.15, -0.1) is 0 Å². The second kappa shape index (κ2) is 7.39. The Kier molecular flexibility index (Phi) is 6.16. The summed E-state index contributed by atoms with van der Waals surface area (Å²) in [5.41, 5.74) is 2.39. The summed E-state index contributed by atoms with van der Waals surface area (Å²) in [5.74, 6) is 0.617. The summed E-state index contributed by atoms with van der Waals surface area (Å²) < 4.78 is 0. The number of nitrogens with one attached hydrogen (secondary N) is 1. The fourth-order valence-electron chi connectivity index (χ4n) is 1.89. The normalized spacial score (nSPS) is 12.8. The van der Waals surface area contributed by atoms with Gasteiger partial charge in [-0.2, -0.15) is 0 Å². The number of nitrogens with zero attached hydrogens (tertiary/aromatic N) is 1. The van der Waals surface area contributed by atoms with Crippen LogP contribution in [0.15, 0.2) is 24.3 Å². The monoisotopic (exact) mass is 250 g/mol. The minimum Gasteiger partial charge on any atom is -0.390 e. The van der Waals surface area contributed by atoms with E-state index in [4.69, 9.17) is 0 Å². The van der Waals surface area contributed by atoms with Gasteiger partial charge in [-0.1, -0.05) is 26.0 Å². The van der Waals surface area contributed by atoms with E-state index in [0.29, 0.717) is 19.0 Å². The van der Waals surface area contributed by atoms with Crippen molar-refractivity contribution in [2.45, 2.75) is 26.9 Å². The molecule has 0 aliphatic carbocycles. The number of likely N-dealkylation sites (N-methyl/N-ethyl adjacent to an activating group) is 1. The zero-order valence-electron chi connectivity index (χ0n) is 12.0. The molecule has 0 saturated heterocycles. The van der Waals surface area contributed by atoms with Gasteiger partial charge in [0.05, 0.1) is 6.10 Å². The molecule has 1 rings (SSSR count). The highest BCUT2D eigenvalue weighted by atomic mass is 16.3. The van der Waals surface area contributed by atoms with Crippen LogP contribution >= 0.6 is 0 Å². The Hall–Kier alpha value is -1.06. The molecule has 3 nitrogen and oxygen atoms in total. The number of aryl methyl sites for hydroxylation is 1. The number of anilines is 1. The molecule has 0 saturated carbocycles. The van der Waals surface area contributed by atoms with E-state index in [0.717, 1.165) is 12.2 Å². The fraction of sp³-hybridized carbons (Fsp3) is 0.600. The number of hydrogen-bond donors (Lipinski definition) is 2. The van der Waals surface area contributed by atoms with Gasteiger partial charge < -0.3 is 15.3 Å². The molecule has 1 atom stereocenters. The van der Waals surface area contributed by atoms with E-state index in [1.54, 1.807) is 0 Å². The smallest absolute Gasteiger partial charge is 0.0839 e. The average Bonchev–Trinajstić information content (AvgIpc) is 2.28. The molecular weight excluding hydrogens is 224 g/mol. The molecular formula is C15H26N2O. The van der Waals surface area contributed by atoms with Gasteiger partial charge in [0.2, 0.25) is 0 Å². The van der Waals surface area contributed by atoms with Gasteiger partial charge in [-0.3, -0.25) is 0 Å². The van der Waals surface area contributed by atoms with E-state index in [1.165, 1.54) is 5.56 Å². The highest BCUT2D eigenvalue weighted by Crippen LogP contribution is 2.14. The van der Waals surface area contributed by atoms with E-state index in [9.17, 15) is 5.11 Å². The van der Waals surface area contributed by atoms with Crippen LogP contribution < -0.4 is 10.2 Å². The maximum atomic E-state index is 9.96. The van der Waals surface area contributed by atoms with E-state index >= 15 is 0 Å². The Morgan fingerprint density at radius 1 is 1.28 bits per heavy atom. The first-order chi connectivity index (χ1) is 8.49. The Bertz CT molecular complexity index is 352. The molecule has 1 unspecified atom stereocenters. The van der Waals surface area contributed by atoms with E-state index in [-0.39, 0.29) is 6.10 Å². The van der Waals surface area contributed by atoms with E-state index in [2.05, 4.69) is 49.2 Å². The first-order valence-electron chi connectivity index (χ1n) is 6.65. The predicted octanol–water partition coefficient (Wildman–Crippen LogP) is 2.04. The second-order valence-corrected chi connectivity index (χ2v) is 5.43. The maximum absolute atomic E-state index is 9.96. The van der Waals surface area contributed by atoms with Gasteiger partial charge in [0.25, 0.3) is 0 Å². The molecule has 18 heavy (non-hydrogen) atoms. The molecule has 0 amide bonds. The average molecular weight is 250 g/mol. The van der Waals surface area contributed by atoms with Crippen molar-refractivity contribution in [3.8, 4) is 0 Å². The van der Waals surface area contributed by atoms with Crippen molar-refractivity contribution in [2.24, 2.45) is 5.92 Å². The fourth-order valence-corrected chi connectivity index (χ4v) is 1.89. The number of aliphatic hydroxyl groups is 1. The first-order valence-corrected chi connectivity index (χ1v) is 6.65. The van der Waals surface area contributed by atoms with Crippen molar-refractivity contribution in [3.63, 3.8) is 0 Å². The molecule has 0 spiro atoms. The van der Waals surface area contributed by atoms with Crippen LogP contribution in [0.1, 0.15) is 19.4 Å². The zero-order chi connectivity index (χ0) is 13.5. The predicted molar refractivity (Wildman–Crippen MR) is 78.2 cm³/mol. The molecule has 0 heterocycles. The Morgan fingerprint density at radius 2 is 2.00 bits per heavy atom. The lowest BCUT2D eigenvalue weighted by Gasteiger charge is -2.23. The lowest BCUT2D eigenvalue weighted by molar-refractivity contribution is 0.177. The van der Waals surface area contributed by atoms with Crippen molar-refractivity contribution in [1.82, 2.24) is 5.32 Å². The topological polar surface area (TPSA) is 35.5 Å². The highest BCUT2D eigenvalue weighted by molar-refractivity contribution is 5.47. The van der Waals surface area contributed by atoms with E-state index in [1.807, 2.05) is 13.1 Å². The third-order valence-corrected chi connectivity index (χ3v) is 2.86. The molecule has 0 fully saturated rings. The number of rotatable bonds is 7. The summed E-state index contributed by atoms with van der Waals surface area (Å²) in [7, 11) is 2.01. The van der Waals surface area contributed by atoms with Crippen LogP contribution in [0.3, 0.4) is 0 Å². The van der Waals surface area contributed by atoms with Crippen LogP contribution in [-0.4, -0.2) is 37.9 Å². The van der Waals surface area contributed by atoms with Crippen LogP contribution in [0, 0.1) is 12.8 Å². The van der Waals surface area contributed by atoms with Crippen LogP contribution in [0.5, 0.6) is 0 Å². The van der Waals surface area contributed by atoms with Crippen LogP contribution in [0.2, 0.25) is 0 Å². The molecule has 0 aliphatic rings. The molecule has 102 valence electrons. The summed E-state index contributed by atoms with van der Waals surface area (Å²) in [6, 6.07) is 8.33. The largest absolute Gasteiger partial charge is 0.390 e. The molecule has 2 N–H and O–H groups in total. The second-order valence-electron chi connectivity index (χ2n) is 5.43. The molecule has 1 aromatic rings. The summed E-state index contributed by atoms with van der Waals surface area (Å²) in [6.07, 6.45) is -0.339. The lowest BCUT2D eigenvalue weighted by Crippen LogP contribution is -2.37. The van der Waals surface area contributed by atoms with Gasteiger partial charge in [-0.25, -0.2) is 0 Å². The third kappa shape index (κ3) is 5.52. The standard InChI is InChI=1S/C15H26N2O/c1-12(2)9-16-10-15(18)11-17(4)14-7-5-6-13(3)8-14/h5-8,12,15-16,18H,9-11H2,1-4H3. The summed E-state index contributed by atoms with van der Waals surface area (Å²) in [4.78, 5) is 2.09. The van der Waals surface area contributed by atoms with Crippen molar-refractivity contribution in [3.05, 3.63) is 29.8 Å². The van der Waals surface area contributed by atoms with Crippen molar-refractivity contribution in [1.29, 1.82) is 0 Å². The minimum atomic E-state index is -0.339. The van der Waals surface area contributed by atoms with Gasteiger partial charge in [0.1, 0.15) is 0 Å².